The molecule has 1 aliphatic heterocycles. The van der Waals surface area contributed by atoms with Gasteiger partial charge in [0.05, 0.1) is 31.5 Å². The van der Waals surface area contributed by atoms with Crippen molar-refractivity contribution in [2.45, 2.75) is 19.8 Å². The van der Waals surface area contributed by atoms with Crippen LogP contribution in [0.15, 0.2) is 42.7 Å². The highest BCUT2D eigenvalue weighted by molar-refractivity contribution is 6.00. The molecular weight excluding hydrogens is 384 g/mol. The molecule has 0 N–H and O–H groups in total. The number of amides is 1. The average molecular weight is 408 g/mol. The first-order chi connectivity index (χ1) is 14.6. The van der Waals surface area contributed by atoms with Gasteiger partial charge in [0.2, 0.25) is 0 Å². The molecule has 0 bridgehead atoms. The summed E-state index contributed by atoms with van der Waals surface area (Å²) < 4.78 is 12.1. The van der Waals surface area contributed by atoms with Crippen molar-refractivity contribution in [1.29, 1.82) is 0 Å². The third kappa shape index (κ3) is 3.72. The molecule has 1 fully saturated rings. The van der Waals surface area contributed by atoms with Gasteiger partial charge in [0.1, 0.15) is 11.3 Å². The van der Waals surface area contributed by atoms with Crippen molar-refractivity contribution in [2.24, 2.45) is 5.92 Å². The van der Waals surface area contributed by atoms with Gasteiger partial charge in [-0.2, -0.15) is 5.10 Å². The predicted molar refractivity (Wildman–Crippen MR) is 110 cm³/mol. The van der Waals surface area contributed by atoms with E-state index >= 15 is 0 Å². The Morgan fingerprint density at radius 3 is 2.73 bits per heavy atom. The molecule has 1 saturated heterocycles. The van der Waals surface area contributed by atoms with Crippen molar-refractivity contribution in [1.82, 2.24) is 19.5 Å². The second-order valence-corrected chi connectivity index (χ2v) is 7.17. The Labute approximate surface area is 174 Å². The molecule has 1 amide bonds. The molecule has 0 unspecified atom stereocenters. The average Bonchev–Trinajstić information content (AvgIpc) is 3.23. The molecule has 0 spiro atoms. The monoisotopic (exact) mass is 408 g/mol. The van der Waals surface area contributed by atoms with E-state index in [-0.39, 0.29) is 17.8 Å². The highest BCUT2D eigenvalue weighted by Crippen LogP contribution is 2.26. The molecule has 3 heterocycles. The van der Waals surface area contributed by atoms with Crippen LogP contribution in [0.1, 0.15) is 30.1 Å². The summed E-state index contributed by atoms with van der Waals surface area (Å²) in [7, 11) is 1.62. The number of hydrogen-bond acceptors (Lipinski definition) is 6. The SMILES string of the molecule is CCOC(=O)C1CCN(C(=O)c2cnn3c(-c4cccc(OC)c4)ccnc23)CC1. The smallest absolute Gasteiger partial charge is 0.309 e. The molecule has 8 nitrogen and oxygen atoms in total. The third-order valence-corrected chi connectivity index (χ3v) is 5.40. The minimum absolute atomic E-state index is 0.123. The van der Waals surface area contributed by atoms with Crippen molar-refractivity contribution in [3.8, 4) is 17.0 Å². The summed E-state index contributed by atoms with van der Waals surface area (Å²) in [6.07, 6.45) is 4.44. The number of aromatic nitrogens is 3. The standard InChI is InChI=1S/C22H24N4O4/c1-3-30-22(28)15-8-11-25(12-9-15)21(27)18-14-24-26-19(7-10-23-20(18)26)16-5-4-6-17(13-16)29-2/h4-7,10,13-15H,3,8-9,11-12H2,1-2H3. The molecule has 0 saturated carbocycles. The van der Waals surface area contributed by atoms with Crippen molar-refractivity contribution < 1.29 is 19.1 Å². The fourth-order valence-corrected chi connectivity index (χ4v) is 3.79. The van der Waals surface area contributed by atoms with Crippen LogP contribution in [0, 0.1) is 5.92 Å². The Kier molecular flexibility index (Phi) is 5.65. The maximum Gasteiger partial charge on any atom is 0.309 e. The molecule has 0 aliphatic carbocycles. The van der Waals surface area contributed by atoms with E-state index in [1.807, 2.05) is 30.3 Å². The maximum atomic E-state index is 13.1. The molecule has 0 radical (unpaired) electrons. The zero-order valence-electron chi connectivity index (χ0n) is 17.1. The number of benzene rings is 1. The number of ether oxygens (including phenoxy) is 2. The number of esters is 1. The number of hydrogen-bond donors (Lipinski definition) is 0. The number of piperidine rings is 1. The van der Waals surface area contributed by atoms with Crippen LogP contribution in [-0.2, 0) is 9.53 Å². The molecule has 0 atom stereocenters. The van der Waals surface area contributed by atoms with Gasteiger partial charge in [0, 0.05) is 24.8 Å². The lowest BCUT2D eigenvalue weighted by Crippen LogP contribution is -2.40. The van der Waals surface area contributed by atoms with Crippen LogP contribution in [0.2, 0.25) is 0 Å². The molecule has 156 valence electrons. The summed E-state index contributed by atoms with van der Waals surface area (Å²) >= 11 is 0. The van der Waals surface area contributed by atoms with Gasteiger partial charge in [-0.3, -0.25) is 9.59 Å². The van der Waals surface area contributed by atoms with Gasteiger partial charge in [-0.1, -0.05) is 12.1 Å². The molecule has 3 aromatic rings. The lowest BCUT2D eigenvalue weighted by molar-refractivity contribution is -0.149. The largest absolute Gasteiger partial charge is 0.497 e. The number of nitrogens with zero attached hydrogens (tertiary/aromatic N) is 4. The Morgan fingerprint density at radius 1 is 1.20 bits per heavy atom. The van der Waals surface area contributed by atoms with Crippen LogP contribution < -0.4 is 4.74 Å². The first kappa shape index (κ1) is 19.9. The van der Waals surface area contributed by atoms with Gasteiger partial charge in [0.25, 0.3) is 5.91 Å². The Balaban J connectivity index is 1.57. The zero-order chi connectivity index (χ0) is 21.1. The molecular formula is C22H24N4O4. The van der Waals surface area contributed by atoms with E-state index in [0.29, 0.717) is 43.7 Å². The van der Waals surface area contributed by atoms with Crippen LogP contribution in [0.4, 0.5) is 0 Å². The number of methoxy groups -OCH3 is 1. The third-order valence-electron chi connectivity index (χ3n) is 5.40. The second kappa shape index (κ2) is 8.52. The van der Waals surface area contributed by atoms with Gasteiger partial charge in [0.15, 0.2) is 5.65 Å². The summed E-state index contributed by atoms with van der Waals surface area (Å²) in [5.41, 5.74) is 2.69. The van der Waals surface area contributed by atoms with E-state index in [4.69, 9.17) is 9.47 Å². The number of fused-ring (bicyclic) bond motifs is 1. The second-order valence-electron chi connectivity index (χ2n) is 7.17. The maximum absolute atomic E-state index is 13.1. The molecule has 2 aromatic heterocycles. The Bertz CT molecular complexity index is 1070. The van der Waals surface area contributed by atoms with Gasteiger partial charge < -0.3 is 14.4 Å². The van der Waals surface area contributed by atoms with Crippen molar-refractivity contribution in [2.75, 3.05) is 26.8 Å². The van der Waals surface area contributed by atoms with Crippen molar-refractivity contribution in [3.05, 3.63) is 48.3 Å². The summed E-state index contributed by atoms with van der Waals surface area (Å²) in [4.78, 5) is 31.2. The number of rotatable bonds is 5. The summed E-state index contributed by atoms with van der Waals surface area (Å²) in [5, 5.41) is 4.43. The van der Waals surface area contributed by atoms with Crippen LogP contribution in [0.25, 0.3) is 16.9 Å². The number of likely N-dealkylation sites (tertiary alicyclic amines) is 1. The minimum atomic E-state index is -0.176. The Morgan fingerprint density at radius 2 is 2.00 bits per heavy atom. The highest BCUT2D eigenvalue weighted by Gasteiger charge is 2.30. The van der Waals surface area contributed by atoms with Gasteiger partial charge >= 0.3 is 5.97 Å². The molecule has 1 aromatic carbocycles. The van der Waals surface area contributed by atoms with Gasteiger partial charge in [-0.25, -0.2) is 9.50 Å². The fraction of sp³-hybridized carbons (Fsp3) is 0.364. The molecule has 30 heavy (non-hydrogen) atoms. The summed E-state index contributed by atoms with van der Waals surface area (Å²) in [5.74, 6) is 0.300. The van der Waals surface area contributed by atoms with Gasteiger partial charge in [-0.15, -0.1) is 0 Å². The quantitative estimate of drug-likeness (QED) is 0.604. The zero-order valence-corrected chi connectivity index (χ0v) is 17.1. The van der Waals surface area contributed by atoms with Crippen LogP contribution in [-0.4, -0.2) is 58.2 Å². The highest BCUT2D eigenvalue weighted by atomic mass is 16.5. The lowest BCUT2D eigenvalue weighted by Gasteiger charge is -2.30. The van der Waals surface area contributed by atoms with Gasteiger partial charge in [-0.05, 0) is 38.0 Å². The van der Waals surface area contributed by atoms with Crippen LogP contribution >= 0.6 is 0 Å². The van der Waals surface area contributed by atoms with E-state index in [0.717, 1.165) is 17.0 Å². The summed E-state index contributed by atoms with van der Waals surface area (Å²) in [6.45, 7) is 3.20. The lowest BCUT2D eigenvalue weighted by atomic mass is 9.96. The summed E-state index contributed by atoms with van der Waals surface area (Å²) in [6, 6.07) is 9.51. The number of carbonyl (C=O) groups excluding carboxylic acids is 2. The predicted octanol–water partition coefficient (Wildman–Crippen LogP) is 2.82. The van der Waals surface area contributed by atoms with Crippen molar-refractivity contribution >= 4 is 17.5 Å². The van der Waals surface area contributed by atoms with E-state index in [9.17, 15) is 9.59 Å². The number of carbonyl (C=O) groups is 2. The van der Waals surface area contributed by atoms with Crippen LogP contribution in [0.3, 0.4) is 0 Å². The Hall–Kier alpha value is -3.42. The fourth-order valence-electron chi connectivity index (χ4n) is 3.79. The van der Waals surface area contributed by atoms with E-state index in [1.165, 1.54) is 0 Å². The van der Waals surface area contributed by atoms with E-state index in [2.05, 4.69) is 10.1 Å². The molecule has 4 rings (SSSR count). The van der Waals surface area contributed by atoms with Crippen LogP contribution in [0.5, 0.6) is 5.75 Å². The first-order valence-corrected chi connectivity index (χ1v) is 10.1. The molecule has 8 heteroatoms. The first-order valence-electron chi connectivity index (χ1n) is 10.1. The topological polar surface area (TPSA) is 86.0 Å². The minimum Gasteiger partial charge on any atom is -0.497 e. The van der Waals surface area contributed by atoms with Crippen molar-refractivity contribution in [3.63, 3.8) is 0 Å². The normalized spacial score (nSPS) is 14.7. The van der Waals surface area contributed by atoms with E-state index in [1.54, 1.807) is 35.8 Å². The van der Waals surface area contributed by atoms with E-state index < -0.39 is 0 Å². The molecule has 1 aliphatic rings.